The number of nitrogens with one attached hydrogen (secondary N) is 2. The van der Waals surface area contributed by atoms with Gasteiger partial charge >= 0.3 is 5.69 Å². The van der Waals surface area contributed by atoms with Crippen LogP contribution >= 0.6 is 11.6 Å². The molecule has 1 amide bonds. The van der Waals surface area contributed by atoms with Crippen LogP contribution in [0.1, 0.15) is 10.4 Å². The van der Waals surface area contributed by atoms with E-state index in [-0.39, 0.29) is 16.5 Å². The molecule has 0 radical (unpaired) electrons. The fourth-order valence-corrected chi connectivity index (χ4v) is 1.58. The average molecular weight is 295 g/mol. The van der Waals surface area contributed by atoms with Crippen molar-refractivity contribution in [2.75, 3.05) is 5.32 Å². The van der Waals surface area contributed by atoms with Crippen molar-refractivity contribution in [2.45, 2.75) is 0 Å². The predicted octanol–water partition coefficient (Wildman–Crippen LogP) is 1.58. The molecule has 2 aromatic rings. The maximum Gasteiger partial charge on any atom is 0.311 e. The third-order valence-corrected chi connectivity index (χ3v) is 2.52. The first-order valence-electron chi connectivity index (χ1n) is 5.28. The lowest BCUT2D eigenvalue weighted by molar-refractivity contribution is -0.384. The molecule has 0 fully saturated rings. The topological polar surface area (TPSA) is 118 Å². The number of pyridine rings is 2. The molecule has 0 aliphatic carbocycles. The number of hydrogen-bond donors (Lipinski definition) is 2. The van der Waals surface area contributed by atoms with Gasteiger partial charge in [-0.15, -0.1) is 0 Å². The summed E-state index contributed by atoms with van der Waals surface area (Å²) in [5.74, 6) is -0.984. The first kappa shape index (κ1) is 13.7. The second kappa shape index (κ2) is 5.49. The van der Waals surface area contributed by atoms with Crippen LogP contribution in [0.15, 0.2) is 35.3 Å². The quantitative estimate of drug-likeness (QED) is 0.506. The van der Waals surface area contributed by atoms with Crippen molar-refractivity contribution < 1.29 is 9.72 Å². The number of amides is 1. The van der Waals surface area contributed by atoms with Crippen molar-refractivity contribution in [3.05, 3.63) is 61.6 Å². The van der Waals surface area contributed by atoms with Crippen LogP contribution in [0.4, 0.5) is 11.5 Å². The molecule has 0 aliphatic rings. The molecule has 0 saturated heterocycles. The molecule has 2 aromatic heterocycles. The lowest BCUT2D eigenvalue weighted by Gasteiger charge is -2.05. The summed E-state index contributed by atoms with van der Waals surface area (Å²) in [6.07, 6.45) is 1.29. The molecule has 20 heavy (non-hydrogen) atoms. The predicted molar refractivity (Wildman–Crippen MR) is 70.9 cm³/mol. The highest BCUT2D eigenvalue weighted by Crippen LogP contribution is 2.24. The number of nitro groups is 1. The summed E-state index contributed by atoms with van der Waals surface area (Å²) in [5, 5.41) is 13.1. The Bertz CT molecular complexity index is 743. The molecule has 2 heterocycles. The lowest BCUT2D eigenvalue weighted by atomic mass is 10.2. The number of halogens is 1. The van der Waals surface area contributed by atoms with E-state index in [9.17, 15) is 19.7 Å². The molecule has 0 unspecified atom stereocenters. The minimum Gasteiger partial charge on any atom is -0.329 e. The normalized spacial score (nSPS) is 10.1. The molecular weight excluding hydrogens is 288 g/mol. The zero-order valence-electron chi connectivity index (χ0n) is 9.79. The summed E-state index contributed by atoms with van der Waals surface area (Å²) < 4.78 is 0. The van der Waals surface area contributed by atoms with Crippen LogP contribution in [0, 0.1) is 10.1 Å². The number of nitrogens with zero attached hydrogens (tertiary/aromatic N) is 2. The van der Waals surface area contributed by atoms with E-state index in [1.165, 1.54) is 18.3 Å². The van der Waals surface area contributed by atoms with Crippen LogP contribution in [-0.2, 0) is 0 Å². The number of aromatic nitrogens is 2. The fourth-order valence-electron chi connectivity index (χ4n) is 1.43. The van der Waals surface area contributed by atoms with Crippen LogP contribution in [0.3, 0.4) is 0 Å². The Balaban J connectivity index is 2.34. The number of carbonyl (C=O) groups is 1. The van der Waals surface area contributed by atoms with Crippen LogP contribution in [0.5, 0.6) is 0 Å². The molecule has 9 heteroatoms. The Morgan fingerprint density at radius 3 is 2.80 bits per heavy atom. The zero-order valence-corrected chi connectivity index (χ0v) is 10.5. The highest BCUT2D eigenvalue weighted by atomic mass is 35.5. The van der Waals surface area contributed by atoms with E-state index < -0.39 is 22.1 Å². The molecule has 8 nitrogen and oxygen atoms in total. The maximum atomic E-state index is 11.9. The Morgan fingerprint density at radius 1 is 1.40 bits per heavy atom. The maximum absolute atomic E-state index is 11.9. The second-order valence-electron chi connectivity index (χ2n) is 3.65. The monoisotopic (exact) mass is 294 g/mol. The van der Waals surface area contributed by atoms with Crippen LogP contribution in [-0.4, -0.2) is 20.8 Å². The van der Waals surface area contributed by atoms with E-state index in [4.69, 9.17) is 11.6 Å². The van der Waals surface area contributed by atoms with E-state index in [1.807, 2.05) is 0 Å². The van der Waals surface area contributed by atoms with Gasteiger partial charge in [0.15, 0.2) is 0 Å². The number of carbonyl (C=O) groups excluding carboxylic acids is 1. The Morgan fingerprint density at radius 2 is 2.15 bits per heavy atom. The average Bonchev–Trinajstić information content (AvgIpc) is 2.38. The smallest absolute Gasteiger partial charge is 0.311 e. The van der Waals surface area contributed by atoms with Gasteiger partial charge in [0.25, 0.3) is 5.91 Å². The summed E-state index contributed by atoms with van der Waals surface area (Å²) in [5.41, 5.74) is -0.816. The standard InChI is InChI=1S/C11H7ClN4O4/c12-8-2-1-7(16(19)20)10(14-8)15-11(18)6-3-4-13-9(17)5-6/h1-5H,(H,13,17)(H,14,15,18). The summed E-state index contributed by atoms with van der Waals surface area (Å²) in [4.78, 5) is 39.1. The Kier molecular flexibility index (Phi) is 3.76. The number of anilines is 1. The minimum atomic E-state index is -0.700. The fraction of sp³-hybridized carbons (Fsp3) is 0. The molecule has 2 rings (SSSR count). The Labute approximate surface area is 116 Å². The highest BCUT2D eigenvalue weighted by Gasteiger charge is 2.18. The molecule has 0 aromatic carbocycles. The van der Waals surface area contributed by atoms with Crippen LogP contribution in [0.25, 0.3) is 0 Å². The molecular formula is C11H7ClN4O4. The van der Waals surface area contributed by atoms with E-state index in [1.54, 1.807) is 0 Å². The number of rotatable bonds is 3. The van der Waals surface area contributed by atoms with Crippen molar-refractivity contribution in [1.29, 1.82) is 0 Å². The molecule has 0 aliphatic heterocycles. The van der Waals surface area contributed by atoms with Crippen molar-refractivity contribution in [3.8, 4) is 0 Å². The first-order chi connectivity index (χ1) is 9.47. The molecule has 0 bridgehead atoms. The van der Waals surface area contributed by atoms with Gasteiger partial charge in [-0.25, -0.2) is 4.98 Å². The summed E-state index contributed by atoms with van der Waals surface area (Å²) in [6, 6.07) is 4.78. The molecule has 0 spiro atoms. The summed E-state index contributed by atoms with van der Waals surface area (Å²) in [6.45, 7) is 0. The van der Waals surface area contributed by atoms with Crippen LogP contribution in [0.2, 0.25) is 5.15 Å². The molecule has 0 saturated carbocycles. The zero-order chi connectivity index (χ0) is 14.7. The second-order valence-corrected chi connectivity index (χ2v) is 4.04. The van der Waals surface area contributed by atoms with Gasteiger partial charge in [-0.3, -0.25) is 19.7 Å². The van der Waals surface area contributed by atoms with E-state index >= 15 is 0 Å². The van der Waals surface area contributed by atoms with Gasteiger partial charge in [0.2, 0.25) is 11.4 Å². The van der Waals surface area contributed by atoms with Gasteiger partial charge in [-0.1, -0.05) is 11.6 Å². The summed E-state index contributed by atoms with van der Waals surface area (Å²) in [7, 11) is 0. The van der Waals surface area contributed by atoms with Gasteiger partial charge in [0.1, 0.15) is 5.15 Å². The van der Waals surface area contributed by atoms with Crippen molar-refractivity contribution >= 4 is 29.0 Å². The Hall–Kier alpha value is -2.74. The minimum absolute atomic E-state index is 0.00295. The van der Waals surface area contributed by atoms with E-state index in [0.717, 1.165) is 12.1 Å². The molecule has 102 valence electrons. The molecule has 0 atom stereocenters. The summed E-state index contributed by atoms with van der Waals surface area (Å²) >= 11 is 5.64. The SMILES string of the molecule is O=C(Nc1nc(Cl)ccc1[N+](=O)[O-])c1cc[nH]c(=O)c1. The van der Waals surface area contributed by atoms with Crippen molar-refractivity contribution in [1.82, 2.24) is 9.97 Å². The van der Waals surface area contributed by atoms with Crippen molar-refractivity contribution in [2.24, 2.45) is 0 Å². The van der Waals surface area contributed by atoms with Gasteiger partial charge in [0, 0.05) is 23.9 Å². The first-order valence-corrected chi connectivity index (χ1v) is 5.66. The van der Waals surface area contributed by atoms with Gasteiger partial charge in [0.05, 0.1) is 4.92 Å². The van der Waals surface area contributed by atoms with Crippen LogP contribution < -0.4 is 10.9 Å². The van der Waals surface area contributed by atoms with Gasteiger partial charge in [-0.05, 0) is 12.1 Å². The molecule has 2 N–H and O–H groups in total. The largest absolute Gasteiger partial charge is 0.329 e. The third-order valence-electron chi connectivity index (χ3n) is 2.31. The number of H-pyrrole nitrogens is 1. The third kappa shape index (κ3) is 2.98. The van der Waals surface area contributed by atoms with Gasteiger partial charge in [-0.2, -0.15) is 0 Å². The number of hydrogen-bond acceptors (Lipinski definition) is 5. The van der Waals surface area contributed by atoms with Gasteiger partial charge < -0.3 is 10.3 Å². The number of aromatic amines is 1. The van der Waals surface area contributed by atoms with E-state index in [2.05, 4.69) is 15.3 Å². The van der Waals surface area contributed by atoms with E-state index in [0.29, 0.717) is 0 Å². The van der Waals surface area contributed by atoms with Crippen molar-refractivity contribution in [3.63, 3.8) is 0 Å². The lowest BCUT2D eigenvalue weighted by Crippen LogP contribution is -2.17. The highest BCUT2D eigenvalue weighted by molar-refractivity contribution is 6.29.